The van der Waals surface area contributed by atoms with E-state index in [1.807, 2.05) is 10.9 Å². The Labute approximate surface area is 166 Å². The Kier molecular flexibility index (Phi) is 8.57. The van der Waals surface area contributed by atoms with Crippen molar-refractivity contribution in [2.45, 2.75) is 39.3 Å². The van der Waals surface area contributed by atoms with Crippen molar-refractivity contribution in [1.29, 1.82) is 0 Å². The van der Waals surface area contributed by atoms with Crippen molar-refractivity contribution in [1.82, 2.24) is 25.0 Å². The van der Waals surface area contributed by atoms with Crippen LogP contribution in [0, 0.1) is 0 Å². The molecule has 2 aromatic heterocycles. The molecule has 0 atom stereocenters. The molecule has 0 aromatic carbocycles. The topological polar surface area (TPSA) is 55.2 Å². The summed E-state index contributed by atoms with van der Waals surface area (Å²) in [6.07, 6.45) is 4.24. The first-order chi connectivity index (χ1) is 12.1. The molecule has 8 heteroatoms. The smallest absolute Gasteiger partial charge is 0.159 e. The van der Waals surface area contributed by atoms with Gasteiger partial charge < -0.3 is 10.1 Å². The van der Waals surface area contributed by atoms with Crippen molar-refractivity contribution >= 4 is 35.0 Å². The molecule has 3 rings (SSSR count). The number of aromatic nitrogens is 3. The van der Waals surface area contributed by atoms with E-state index in [1.54, 1.807) is 0 Å². The molecule has 0 amide bonds. The minimum absolute atomic E-state index is 0. The van der Waals surface area contributed by atoms with Gasteiger partial charge in [0.15, 0.2) is 5.65 Å². The lowest BCUT2D eigenvalue weighted by molar-refractivity contribution is 0.0372. The van der Waals surface area contributed by atoms with Crippen LogP contribution in [0.4, 0.5) is 0 Å². The summed E-state index contributed by atoms with van der Waals surface area (Å²) in [5.74, 6) is 0. The van der Waals surface area contributed by atoms with Crippen molar-refractivity contribution in [3.05, 3.63) is 23.0 Å². The second-order valence-corrected chi connectivity index (χ2v) is 7.23. The monoisotopic (exact) mass is 401 g/mol. The SMILES string of the molecule is CC(C)n1ncc2cc(CNCCCCN3CCOCC3)c(Cl)nc21.Cl. The molecular weight excluding hydrogens is 373 g/mol. The molecule has 6 nitrogen and oxygen atoms in total. The van der Waals surface area contributed by atoms with Crippen molar-refractivity contribution in [3.63, 3.8) is 0 Å². The highest BCUT2D eigenvalue weighted by molar-refractivity contribution is 6.30. The van der Waals surface area contributed by atoms with E-state index in [0.29, 0.717) is 5.15 Å². The summed E-state index contributed by atoms with van der Waals surface area (Å²) < 4.78 is 7.28. The van der Waals surface area contributed by atoms with Gasteiger partial charge in [-0.2, -0.15) is 5.10 Å². The second-order valence-electron chi connectivity index (χ2n) is 6.87. The second kappa shape index (κ2) is 10.4. The Morgan fingerprint density at radius 2 is 2.04 bits per heavy atom. The summed E-state index contributed by atoms with van der Waals surface area (Å²) in [7, 11) is 0. The Morgan fingerprint density at radius 3 is 2.77 bits per heavy atom. The molecule has 1 aliphatic heterocycles. The number of nitrogens with zero attached hydrogens (tertiary/aromatic N) is 4. The first-order valence-electron chi connectivity index (χ1n) is 9.18. The van der Waals surface area contributed by atoms with Crippen LogP contribution in [0.3, 0.4) is 0 Å². The number of hydrogen-bond acceptors (Lipinski definition) is 5. The van der Waals surface area contributed by atoms with Crippen LogP contribution in [0.15, 0.2) is 12.3 Å². The number of morpholine rings is 1. The van der Waals surface area contributed by atoms with Gasteiger partial charge >= 0.3 is 0 Å². The van der Waals surface area contributed by atoms with Crippen LogP contribution in [-0.4, -0.2) is 59.1 Å². The van der Waals surface area contributed by atoms with Gasteiger partial charge in [0, 0.05) is 36.6 Å². The van der Waals surface area contributed by atoms with E-state index < -0.39 is 0 Å². The number of hydrogen-bond donors (Lipinski definition) is 1. The van der Waals surface area contributed by atoms with Gasteiger partial charge in [-0.1, -0.05) is 11.6 Å². The van der Waals surface area contributed by atoms with Gasteiger partial charge in [0.1, 0.15) is 5.15 Å². The zero-order valence-corrected chi connectivity index (χ0v) is 17.2. The summed E-state index contributed by atoms with van der Waals surface area (Å²) in [5, 5.41) is 9.49. The summed E-state index contributed by atoms with van der Waals surface area (Å²) in [5.41, 5.74) is 1.89. The maximum Gasteiger partial charge on any atom is 0.159 e. The standard InChI is InChI=1S/C18H28ClN5O.ClH/c1-14(2)24-18-16(13-21-24)11-15(17(19)22-18)12-20-5-3-4-6-23-7-9-25-10-8-23;/h11,13-14,20H,3-10,12H2,1-2H3;1H. The first-order valence-corrected chi connectivity index (χ1v) is 9.56. The van der Waals surface area contributed by atoms with Gasteiger partial charge in [0.2, 0.25) is 0 Å². The lowest BCUT2D eigenvalue weighted by atomic mass is 10.2. The van der Waals surface area contributed by atoms with Crippen LogP contribution in [0.1, 0.15) is 38.3 Å². The molecule has 146 valence electrons. The fraction of sp³-hybridized carbons (Fsp3) is 0.667. The largest absolute Gasteiger partial charge is 0.379 e. The highest BCUT2D eigenvalue weighted by Gasteiger charge is 2.12. The van der Waals surface area contributed by atoms with Crippen LogP contribution in [0.25, 0.3) is 11.0 Å². The van der Waals surface area contributed by atoms with Gasteiger partial charge in [-0.05, 0) is 45.8 Å². The maximum absolute atomic E-state index is 6.37. The van der Waals surface area contributed by atoms with Gasteiger partial charge in [0.05, 0.1) is 19.4 Å². The van der Waals surface area contributed by atoms with Crippen molar-refractivity contribution in [2.24, 2.45) is 0 Å². The molecule has 0 saturated carbocycles. The van der Waals surface area contributed by atoms with E-state index in [9.17, 15) is 0 Å². The van der Waals surface area contributed by atoms with E-state index in [4.69, 9.17) is 16.3 Å². The molecule has 3 heterocycles. The molecule has 1 N–H and O–H groups in total. The third-order valence-electron chi connectivity index (χ3n) is 4.58. The van der Waals surface area contributed by atoms with Gasteiger partial charge in [-0.15, -0.1) is 12.4 Å². The van der Waals surface area contributed by atoms with E-state index in [1.165, 1.54) is 6.42 Å². The number of nitrogens with one attached hydrogen (secondary N) is 1. The summed E-state index contributed by atoms with van der Waals surface area (Å²) in [6.45, 7) is 11.0. The van der Waals surface area contributed by atoms with Crippen molar-refractivity contribution < 1.29 is 4.74 Å². The third-order valence-corrected chi connectivity index (χ3v) is 4.91. The van der Waals surface area contributed by atoms with Crippen LogP contribution in [0.5, 0.6) is 0 Å². The zero-order chi connectivity index (χ0) is 17.6. The highest BCUT2D eigenvalue weighted by atomic mass is 35.5. The molecule has 0 aliphatic carbocycles. The Hall–Kier alpha value is -0.920. The van der Waals surface area contributed by atoms with Gasteiger partial charge in [-0.3, -0.25) is 4.90 Å². The molecular formula is C18H29Cl2N5O. The highest BCUT2D eigenvalue weighted by Crippen LogP contribution is 2.22. The average molecular weight is 402 g/mol. The molecule has 2 aromatic rings. The number of unbranched alkanes of at least 4 members (excludes halogenated alkanes) is 1. The molecule has 0 radical (unpaired) electrons. The zero-order valence-electron chi connectivity index (χ0n) is 15.6. The fourth-order valence-electron chi connectivity index (χ4n) is 3.13. The minimum atomic E-state index is 0. The molecule has 0 spiro atoms. The Morgan fingerprint density at radius 1 is 1.27 bits per heavy atom. The number of ether oxygens (including phenoxy) is 1. The third kappa shape index (κ3) is 5.54. The lowest BCUT2D eigenvalue weighted by Crippen LogP contribution is -2.37. The summed E-state index contributed by atoms with van der Waals surface area (Å²) in [4.78, 5) is 7.02. The quantitative estimate of drug-likeness (QED) is 0.543. The fourth-order valence-corrected chi connectivity index (χ4v) is 3.34. The number of fused-ring (bicyclic) bond motifs is 1. The molecule has 0 unspecified atom stereocenters. The lowest BCUT2D eigenvalue weighted by Gasteiger charge is -2.26. The van der Waals surface area contributed by atoms with Crippen LogP contribution >= 0.6 is 24.0 Å². The van der Waals surface area contributed by atoms with E-state index >= 15 is 0 Å². The normalized spacial score (nSPS) is 15.5. The number of halogens is 2. The summed E-state index contributed by atoms with van der Waals surface area (Å²) in [6, 6.07) is 2.37. The Bertz CT molecular complexity index is 686. The van der Waals surface area contributed by atoms with E-state index in [0.717, 1.165) is 69.0 Å². The predicted molar refractivity (Wildman–Crippen MR) is 108 cm³/mol. The molecule has 26 heavy (non-hydrogen) atoms. The Balaban J connectivity index is 0.00000243. The maximum atomic E-state index is 6.37. The predicted octanol–water partition coefficient (Wildman–Crippen LogP) is 3.29. The van der Waals surface area contributed by atoms with Crippen molar-refractivity contribution in [2.75, 3.05) is 39.4 Å². The number of rotatable bonds is 8. The average Bonchev–Trinajstić information content (AvgIpc) is 3.01. The number of pyridine rings is 1. The van der Waals surface area contributed by atoms with Gasteiger partial charge in [-0.25, -0.2) is 9.67 Å². The van der Waals surface area contributed by atoms with Crippen LogP contribution in [0.2, 0.25) is 5.15 Å². The molecule has 1 saturated heterocycles. The van der Waals surface area contributed by atoms with Gasteiger partial charge in [0.25, 0.3) is 0 Å². The minimum Gasteiger partial charge on any atom is -0.379 e. The van der Waals surface area contributed by atoms with Crippen LogP contribution < -0.4 is 5.32 Å². The summed E-state index contributed by atoms with van der Waals surface area (Å²) >= 11 is 6.37. The molecule has 1 aliphatic rings. The first kappa shape index (κ1) is 21.4. The van der Waals surface area contributed by atoms with Crippen LogP contribution in [-0.2, 0) is 11.3 Å². The molecule has 1 fully saturated rings. The molecule has 0 bridgehead atoms. The van der Waals surface area contributed by atoms with E-state index in [-0.39, 0.29) is 18.4 Å². The van der Waals surface area contributed by atoms with Crippen molar-refractivity contribution in [3.8, 4) is 0 Å². The van der Waals surface area contributed by atoms with E-state index in [2.05, 4.69) is 40.2 Å².